The Balaban J connectivity index is 1.55. The summed E-state index contributed by atoms with van der Waals surface area (Å²) in [4.78, 5) is 24.2. The summed E-state index contributed by atoms with van der Waals surface area (Å²) in [6.07, 6.45) is 1.95. The summed E-state index contributed by atoms with van der Waals surface area (Å²) in [6.45, 7) is 8.48. The Morgan fingerprint density at radius 1 is 1.06 bits per heavy atom. The maximum atomic E-state index is 13.6. The molecule has 3 aliphatic heterocycles. The van der Waals surface area contributed by atoms with E-state index in [1.165, 1.54) is 11.8 Å². The summed E-state index contributed by atoms with van der Waals surface area (Å²) < 4.78 is 0. The Labute approximate surface area is 227 Å². The first-order valence-corrected chi connectivity index (χ1v) is 14.1. The van der Waals surface area contributed by atoms with Gasteiger partial charge < -0.3 is 15.1 Å². The van der Waals surface area contributed by atoms with E-state index < -0.39 is 5.54 Å². The molecule has 1 N–H and O–H groups in total. The van der Waals surface area contributed by atoms with Crippen LogP contribution in [0.25, 0.3) is 0 Å². The van der Waals surface area contributed by atoms with Crippen molar-refractivity contribution in [1.29, 1.82) is 0 Å². The minimum Gasteiger partial charge on any atom is -0.349 e. The molecule has 0 saturated carbocycles. The molecular weight excluding hydrogens is 511 g/mol. The van der Waals surface area contributed by atoms with E-state index in [1.54, 1.807) is 0 Å². The smallest absolute Gasteiger partial charge is 0.260 e. The Kier molecular flexibility index (Phi) is 7.16. The number of nitrogens with zero attached hydrogens (tertiary/aromatic N) is 3. The van der Waals surface area contributed by atoms with Crippen molar-refractivity contribution < 1.29 is 4.79 Å². The standard InChI is InChI=1S/C28H32Cl2N4OS/c1-17(2)23-24(26(35)31-22-13-15-33(4)16-14-22)36-27-32-28(3,19-7-11-21(30)12-8-19)25(34(23)27)18-5-9-20(29)10-6-18/h5-12,17,22,25H,13-16H2,1-4H3,(H,31,35). The van der Waals surface area contributed by atoms with E-state index in [1.807, 2.05) is 24.3 Å². The summed E-state index contributed by atoms with van der Waals surface area (Å²) in [5.41, 5.74) is 2.65. The highest BCUT2D eigenvalue weighted by Gasteiger charge is 2.53. The second kappa shape index (κ2) is 10.1. The van der Waals surface area contributed by atoms with Crippen LogP contribution in [0.4, 0.5) is 0 Å². The number of amides is 1. The van der Waals surface area contributed by atoms with Crippen molar-refractivity contribution in [3.8, 4) is 0 Å². The Morgan fingerprint density at radius 3 is 2.22 bits per heavy atom. The van der Waals surface area contributed by atoms with Crippen molar-refractivity contribution in [2.24, 2.45) is 10.9 Å². The summed E-state index contributed by atoms with van der Waals surface area (Å²) in [5, 5.41) is 5.57. The van der Waals surface area contributed by atoms with Crippen LogP contribution < -0.4 is 5.32 Å². The normalized spacial score (nSPS) is 24.9. The number of rotatable bonds is 5. The van der Waals surface area contributed by atoms with Gasteiger partial charge in [-0.25, -0.2) is 4.99 Å². The van der Waals surface area contributed by atoms with Gasteiger partial charge in [-0.1, -0.05) is 61.3 Å². The van der Waals surface area contributed by atoms with Crippen LogP contribution in [0.5, 0.6) is 0 Å². The minimum absolute atomic E-state index is 0.0124. The number of thioether (sulfide) groups is 1. The third-order valence-corrected chi connectivity index (χ3v) is 9.00. The number of hydrogen-bond donors (Lipinski definition) is 1. The fourth-order valence-electron chi connectivity index (χ4n) is 5.48. The van der Waals surface area contributed by atoms with Crippen molar-refractivity contribution in [3.05, 3.63) is 80.3 Å². The number of nitrogens with one attached hydrogen (secondary N) is 1. The van der Waals surface area contributed by atoms with Crippen LogP contribution in [0.1, 0.15) is 50.8 Å². The zero-order valence-electron chi connectivity index (χ0n) is 21.1. The number of likely N-dealkylation sites (tertiary alicyclic amines) is 1. The van der Waals surface area contributed by atoms with Crippen LogP contribution in [0.15, 0.2) is 64.1 Å². The van der Waals surface area contributed by atoms with Crippen LogP contribution in [-0.4, -0.2) is 47.1 Å². The number of fused-ring (bicyclic) bond motifs is 1. The fourth-order valence-corrected chi connectivity index (χ4v) is 7.04. The molecule has 3 aliphatic rings. The molecule has 2 unspecified atom stereocenters. The molecule has 1 saturated heterocycles. The molecule has 8 heteroatoms. The lowest BCUT2D eigenvalue weighted by Gasteiger charge is -2.37. The van der Waals surface area contributed by atoms with Gasteiger partial charge in [0.05, 0.1) is 10.9 Å². The lowest BCUT2D eigenvalue weighted by atomic mass is 9.81. The number of allylic oxidation sites excluding steroid dienone is 1. The second-order valence-electron chi connectivity index (χ2n) is 10.4. The molecule has 0 aromatic heterocycles. The zero-order chi connectivity index (χ0) is 25.6. The predicted octanol–water partition coefficient (Wildman–Crippen LogP) is 6.45. The summed E-state index contributed by atoms with van der Waals surface area (Å²) in [5.74, 6) is 0.157. The number of carbonyl (C=O) groups is 1. The van der Waals surface area contributed by atoms with E-state index >= 15 is 0 Å². The Morgan fingerprint density at radius 2 is 1.64 bits per heavy atom. The van der Waals surface area contributed by atoms with Gasteiger partial charge in [0.2, 0.25) is 0 Å². The lowest BCUT2D eigenvalue weighted by Crippen LogP contribution is -2.43. The molecule has 1 fully saturated rings. The van der Waals surface area contributed by atoms with Gasteiger partial charge in [-0.2, -0.15) is 0 Å². The van der Waals surface area contributed by atoms with Crippen molar-refractivity contribution in [2.75, 3.05) is 20.1 Å². The highest BCUT2D eigenvalue weighted by molar-refractivity contribution is 8.18. The molecule has 5 nitrogen and oxygen atoms in total. The molecule has 1 amide bonds. The Hall–Kier alpha value is -1.99. The maximum Gasteiger partial charge on any atom is 0.260 e. The largest absolute Gasteiger partial charge is 0.349 e. The van der Waals surface area contributed by atoms with Gasteiger partial charge in [-0.15, -0.1) is 0 Å². The van der Waals surface area contributed by atoms with Crippen molar-refractivity contribution in [1.82, 2.24) is 15.1 Å². The lowest BCUT2D eigenvalue weighted by molar-refractivity contribution is -0.117. The summed E-state index contributed by atoms with van der Waals surface area (Å²) in [6, 6.07) is 16.0. The number of carbonyl (C=O) groups excluding carboxylic acids is 1. The van der Waals surface area contributed by atoms with Gasteiger partial charge in [0.15, 0.2) is 5.17 Å². The number of hydrogen-bond acceptors (Lipinski definition) is 5. The molecule has 0 spiro atoms. The molecule has 2 aromatic carbocycles. The van der Waals surface area contributed by atoms with Gasteiger partial charge in [0.1, 0.15) is 5.54 Å². The van der Waals surface area contributed by atoms with Crippen molar-refractivity contribution >= 4 is 46.0 Å². The molecule has 36 heavy (non-hydrogen) atoms. The van der Waals surface area contributed by atoms with E-state index in [4.69, 9.17) is 28.2 Å². The first kappa shape index (κ1) is 25.7. The maximum absolute atomic E-state index is 13.6. The quantitative estimate of drug-likeness (QED) is 0.471. The van der Waals surface area contributed by atoms with Gasteiger partial charge in [-0.05, 0) is 93.0 Å². The van der Waals surface area contributed by atoms with Crippen LogP contribution in [0.3, 0.4) is 0 Å². The Bertz CT molecular complexity index is 1200. The van der Waals surface area contributed by atoms with E-state index in [0.29, 0.717) is 10.0 Å². The molecule has 0 radical (unpaired) electrons. The minimum atomic E-state index is -0.559. The summed E-state index contributed by atoms with van der Waals surface area (Å²) in [7, 11) is 2.13. The predicted molar refractivity (Wildman–Crippen MR) is 150 cm³/mol. The number of aliphatic imine (C=N–C) groups is 1. The van der Waals surface area contributed by atoms with E-state index in [2.05, 4.69) is 67.2 Å². The van der Waals surface area contributed by atoms with Crippen molar-refractivity contribution in [2.45, 2.75) is 51.2 Å². The molecule has 2 atom stereocenters. The van der Waals surface area contributed by atoms with Crippen molar-refractivity contribution in [3.63, 3.8) is 0 Å². The van der Waals surface area contributed by atoms with Gasteiger partial charge in [0, 0.05) is 21.8 Å². The fraction of sp³-hybridized carbons (Fsp3) is 0.429. The van der Waals surface area contributed by atoms with Gasteiger partial charge >= 0.3 is 0 Å². The number of halogens is 2. The highest BCUT2D eigenvalue weighted by atomic mass is 35.5. The SMILES string of the molecule is CC(C)C1=C(C(=O)NC2CCN(C)CC2)SC2=NC(C)(c3ccc(Cl)cc3)C(c3ccc(Cl)cc3)N21. The third-order valence-electron chi connectivity index (χ3n) is 7.43. The van der Waals surface area contributed by atoms with Crippen LogP contribution in [0, 0.1) is 5.92 Å². The number of amidine groups is 1. The zero-order valence-corrected chi connectivity index (χ0v) is 23.4. The molecule has 0 aliphatic carbocycles. The van der Waals surface area contributed by atoms with Crippen LogP contribution >= 0.6 is 35.0 Å². The molecule has 190 valence electrons. The van der Waals surface area contributed by atoms with Gasteiger partial charge in [0.25, 0.3) is 5.91 Å². The van der Waals surface area contributed by atoms with Gasteiger partial charge in [-0.3, -0.25) is 4.79 Å². The van der Waals surface area contributed by atoms with Crippen LogP contribution in [0.2, 0.25) is 10.0 Å². The number of piperidine rings is 1. The highest BCUT2D eigenvalue weighted by Crippen LogP contribution is 2.56. The monoisotopic (exact) mass is 542 g/mol. The molecular formula is C28H32Cl2N4OS. The molecule has 0 bridgehead atoms. The van der Waals surface area contributed by atoms with E-state index in [9.17, 15) is 4.79 Å². The average molecular weight is 544 g/mol. The average Bonchev–Trinajstić information content (AvgIpc) is 3.34. The van der Waals surface area contributed by atoms with E-state index in [0.717, 1.165) is 52.8 Å². The molecule has 5 rings (SSSR count). The first-order chi connectivity index (χ1) is 17.2. The molecule has 3 heterocycles. The third kappa shape index (κ3) is 4.69. The topological polar surface area (TPSA) is 47.9 Å². The summed E-state index contributed by atoms with van der Waals surface area (Å²) >= 11 is 14.0. The molecule has 2 aromatic rings. The van der Waals surface area contributed by atoms with Crippen LogP contribution in [-0.2, 0) is 10.3 Å². The first-order valence-electron chi connectivity index (χ1n) is 12.5. The van der Waals surface area contributed by atoms with E-state index in [-0.39, 0.29) is 23.9 Å². The number of benzene rings is 2. The second-order valence-corrected chi connectivity index (χ2v) is 12.2.